The van der Waals surface area contributed by atoms with Crippen molar-refractivity contribution in [3.05, 3.63) is 40.9 Å². The standard InChI is InChI=1S/C10H7N3O2S/c14-10(15)7-4-8(16)13-9(12-7)6-2-1-3-11-5-6/h1-5H,(H,14,15)(H,12,13,16). The molecule has 5 nitrogen and oxygen atoms in total. The van der Waals surface area contributed by atoms with Gasteiger partial charge in [0.15, 0.2) is 0 Å². The van der Waals surface area contributed by atoms with Crippen LogP contribution in [0.2, 0.25) is 0 Å². The fourth-order valence-electron chi connectivity index (χ4n) is 1.21. The van der Waals surface area contributed by atoms with Gasteiger partial charge in [-0.05, 0) is 12.1 Å². The van der Waals surface area contributed by atoms with Crippen molar-refractivity contribution in [1.29, 1.82) is 0 Å². The van der Waals surface area contributed by atoms with Crippen LogP contribution in [0.3, 0.4) is 0 Å². The minimum Gasteiger partial charge on any atom is -0.477 e. The van der Waals surface area contributed by atoms with Gasteiger partial charge in [-0.25, -0.2) is 9.78 Å². The number of H-pyrrole nitrogens is 1. The van der Waals surface area contributed by atoms with E-state index in [0.717, 1.165) is 0 Å². The van der Waals surface area contributed by atoms with Gasteiger partial charge in [0.1, 0.15) is 16.2 Å². The molecule has 0 atom stereocenters. The Labute approximate surface area is 95.8 Å². The van der Waals surface area contributed by atoms with Gasteiger partial charge in [-0.2, -0.15) is 0 Å². The largest absolute Gasteiger partial charge is 0.477 e. The van der Waals surface area contributed by atoms with Crippen LogP contribution in [-0.4, -0.2) is 26.0 Å². The zero-order valence-corrected chi connectivity index (χ0v) is 8.86. The van der Waals surface area contributed by atoms with Crippen molar-refractivity contribution < 1.29 is 9.90 Å². The number of carbonyl (C=O) groups is 1. The predicted molar refractivity (Wildman–Crippen MR) is 59.6 cm³/mol. The summed E-state index contributed by atoms with van der Waals surface area (Å²) in [5.41, 5.74) is 0.704. The van der Waals surface area contributed by atoms with Crippen LogP contribution in [0.5, 0.6) is 0 Å². The third-order valence-electron chi connectivity index (χ3n) is 1.91. The van der Waals surface area contributed by atoms with E-state index in [1.165, 1.54) is 6.07 Å². The van der Waals surface area contributed by atoms with Crippen LogP contribution in [0.25, 0.3) is 11.4 Å². The molecule has 6 heteroatoms. The minimum absolute atomic E-state index is 0.0128. The van der Waals surface area contributed by atoms with E-state index < -0.39 is 5.97 Å². The Bertz CT molecular complexity index is 580. The highest BCUT2D eigenvalue weighted by Crippen LogP contribution is 2.12. The summed E-state index contributed by atoms with van der Waals surface area (Å²) >= 11 is 4.89. The monoisotopic (exact) mass is 233 g/mol. The van der Waals surface area contributed by atoms with E-state index in [2.05, 4.69) is 15.0 Å². The van der Waals surface area contributed by atoms with E-state index >= 15 is 0 Å². The van der Waals surface area contributed by atoms with Crippen LogP contribution in [-0.2, 0) is 0 Å². The molecular weight excluding hydrogens is 226 g/mol. The van der Waals surface area contributed by atoms with Gasteiger partial charge in [0, 0.05) is 24.0 Å². The lowest BCUT2D eigenvalue weighted by atomic mass is 10.2. The van der Waals surface area contributed by atoms with Gasteiger partial charge in [-0.15, -0.1) is 0 Å². The number of aromatic carboxylic acids is 1. The zero-order chi connectivity index (χ0) is 11.5. The third-order valence-corrected chi connectivity index (χ3v) is 2.12. The summed E-state index contributed by atoms with van der Waals surface area (Å²) in [6.07, 6.45) is 3.21. The van der Waals surface area contributed by atoms with Crippen molar-refractivity contribution in [2.75, 3.05) is 0 Å². The predicted octanol–water partition coefficient (Wildman–Crippen LogP) is 1.90. The van der Waals surface area contributed by atoms with Crippen molar-refractivity contribution in [1.82, 2.24) is 15.0 Å². The van der Waals surface area contributed by atoms with E-state index in [0.29, 0.717) is 11.4 Å². The molecule has 0 aliphatic heterocycles. The summed E-state index contributed by atoms with van der Waals surface area (Å²) < 4.78 is 0.231. The smallest absolute Gasteiger partial charge is 0.352 e. The van der Waals surface area contributed by atoms with Crippen LogP contribution < -0.4 is 0 Å². The average Bonchev–Trinajstić information content (AvgIpc) is 2.29. The number of carboxylic acid groups (broad SMARTS) is 1. The van der Waals surface area contributed by atoms with E-state index in [4.69, 9.17) is 17.3 Å². The highest BCUT2D eigenvalue weighted by atomic mass is 32.1. The molecule has 0 aromatic carbocycles. The Hall–Kier alpha value is -2.08. The fourth-order valence-corrected chi connectivity index (χ4v) is 1.42. The van der Waals surface area contributed by atoms with Gasteiger partial charge in [0.25, 0.3) is 0 Å². The Balaban J connectivity index is 2.58. The second kappa shape index (κ2) is 4.19. The lowest BCUT2D eigenvalue weighted by molar-refractivity contribution is 0.0690. The number of hydrogen-bond donors (Lipinski definition) is 2. The number of rotatable bonds is 2. The molecule has 0 radical (unpaired) electrons. The molecule has 0 spiro atoms. The highest BCUT2D eigenvalue weighted by Gasteiger charge is 2.07. The lowest BCUT2D eigenvalue weighted by Crippen LogP contribution is -2.03. The fraction of sp³-hybridized carbons (Fsp3) is 0. The molecule has 2 aromatic heterocycles. The van der Waals surface area contributed by atoms with Gasteiger partial charge >= 0.3 is 5.97 Å². The summed E-state index contributed by atoms with van der Waals surface area (Å²) in [6, 6.07) is 4.81. The number of hydrogen-bond acceptors (Lipinski definition) is 4. The first-order valence-electron chi connectivity index (χ1n) is 4.42. The quantitative estimate of drug-likeness (QED) is 0.774. The number of aromatic amines is 1. The maximum Gasteiger partial charge on any atom is 0.352 e. The van der Waals surface area contributed by atoms with E-state index in [9.17, 15) is 4.79 Å². The Kier molecular flexibility index (Phi) is 2.74. The van der Waals surface area contributed by atoms with Crippen molar-refractivity contribution in [2.24, 2.45) is 0 Å². The van der Waals surface area contributed by atoms with E-state index in [1.807, 2.05) is 0 Å². The maximum atomic E-state index is 10.8. The zero-order valence-electron chi connectivity index (χ0n) is 8.04. The number of carboxylic acids is 1. The molecular formula is C10H7N3O2S. The molecule has 16 heavy (non-hydrogen) atoms. The van der Waals surface area contributed by atoms with E-state index in [1.54, 1.807) is 24.5 Å². The van der Waals surface area contributed by atoms with Crippen LogP contribution in [0, 0.1) is 4.64 Å². The molecule has 0 bridgehead atoms. The molecule has 0 unspecified atom stereocenters. The van der Waals surface area contributed by atoms with Crippen molar-refractivity contribution in [3.63, 3.8) is 0 Å². The van der Waals surface area contributed by atoms with Crippen LogP contribution in [0.4, 0.5) is 0 Å². The molecule has 0 saturated carbocycles. The van der Waals surface area contributed by atoms with Crippen LogP contribution >= 0.6 is 12.2 Å². The molecule has 0 amide bonds. The molecule has 2 heterocycles. The lowest BCUT2D eigenvalue weighted by Gasteiger charge is -2.01. The van der Waals surface area contributed by atoms with Crippen molar-refractivity contribution in [2.45, 2.75) is 0 Å². The summed E-state index contributed by atoms with van der Waals surface area (Å²) in [7, 11) is 0. The van der Waals surface area contributed by atoms with Crippen molar-refractivity contribution in [3.8, 4) is 11.4 Å². The Morgan fingerprint density at radius 2 is 2.31 bits per heavy atom. The molecule has 2 aromatic rings. The summed E-state index contributed by atoms with van der Waals surface area (Å²) in [4.78, 5) is 21.5. The highest BCUT2D eigenvalue weighted by molar-refractivity contribution is 7.71. The van der Waals surface area contributed by atoms with Crippen molar-refractivity contribution >= 4 is 18.2 Å². The Morgan fingerprint density at radius 1 is 1.50 bits per heavy atom. The Morgan fingerprint density at radius 3 is 2.94 bits per heavy atom. The normalized spacial score (nSPS) is 10.0. The van der Waals surface area contributed by atoms with Gasteiger partial charge in [-0.3, -0.25) is 4.98 Å². The average molecular weight is 233 g/mol. The summed E-state index contributed by atoms with van der Waals surface area (Å²) in [5.74, 6) is -0.670. The molecule has 2 N–H and O–H groups in total. The SMILES string of the molecule is O=C(O)c1cc(=S)nc(-c2cccnc2)[nH]1. The summed E-state index contributed by atoms with van der Waals surface area (Å²) in [6.45, 7) is 0. The van der Waals surface area contributed by atoms with Gasteiger partial charge < -0.3 is 10.1 Å². The maximum absolute atomic E-state index is 10.8. The number of nitrogens with zero attached hydrogens (tertiary/aromatic N) is 2. The third kappa shape index (κ3) is 2.12. The first kappa shape index (κ1) is 10.4. The second-order valence-corrected chi connectivity index (χ2v) is 3.45. The number of nitrogens with one attached hydrogen (secondary N) is 1. The number of pyridine rings is 1. The second-order valence-electron chi connectivity index (χ2n) is 3.03. The molecule has 0 fully saturated rings. The molecule has 0 aliphatic rings. The summed E-state index contributed by atoms with van der Waals surface area (Å²) in [5, 5.41) is 8.86. The first-order chi connectivity index (χ1) is 7.66. The topological polar surface area (TPSA) is 78.9 Å². The molecule has 0 aliphatic carbocycles. The molecule has 2 rings (SSSR count). The van der Waals surface area contributed by atoms with Gasteiger partial charge in [-0.1, -0.05) is 12.2 Å². The van der Waals surface area contributed by atoms with Gasteiger partial charge in [0.05, 0.1) is 0 Å². The van der Waals surface area contributed by atoms with Gasteiger partial charge in [0.2, 0.25) is 0 Å². The molecule has 0 saturated heterocycles. The molecule has 80 valence electrons. The van der Waals surface area contributed by atoms with E-state index in [-0.39, 0.29) is 10.3 Å². The van der Waals surface area contributed by atoms with Crippen LogP contribution in [0.1, 0.15) is 10.5 Å². The minimum atomic E-state index is -1.07. The first-order valence-corrected chi connectivity index (χ1v) is 4.83. The van der Waals surface area contributed by atoms with Crippen LogP contribution in [0.15, 0.2) is 30.6 Å². The number of aromatic nitrogens is 3.